The molecule has 0 radical (unpaired) electrons. The van der Waals surface area contributed by atoms with Gasteiger partial charge in [0.05, 0.1) is 6.10 Å². The Bertz CT molecular complexity index is 392. The molecule has 3 fully saturated rings. The molecule has 3 aliphatic rings. The lowest BCUT2D eigenvalue weighted by molar-refractivity contribution is -0.188. The van der Waals surface area contributed by atoms with Gasteiger partial charge in [-0.25, -0.2) is 0 Å². The summed E-state index contributed by atoms with van der Waals surface area (Å²) < 4.78 is 23.3. The summed E-state index contributed by atoms with van der Waals surface area (Å²) in [7, 11) is 0. The molecule has 2 heterocycles. The van der Waals surface area contributed by atoms with E-state index in [-0.39, 0.29) is 24.1 Å². The highest BCUT2D eigenvalue weighted by atomic mass is 16.7. The number of aliphatic hydroxyl groups is 1. The van der Waals surface area contributed by atoms with Crippen molar-refractivity contribution < 1.29 is 24.1 Å². The molecule has 158 valence electrons. The first-order chi connectivity index (χ1) is 13.3. The maximum atomic E-state index is 10.0. The van der Waals surface area contributed by atoms with Gasteiger partial charge in [-0.3, -0.25) is 0 Å². The summed E-state index contributed by atoms with van der Waals surface area (Å²) in [6.45, 7) is 2.79. The largest absolute Gasteiger partial charge is 0.396 e. The van der Waals surface area contributed by atoms with Gasteiger partial charge in [0.1, 0.15) is 0 Å². The molecular formula is C22H40O5. The average Bonchev–Trinajstić information content (AvgIpc) is 3.12. The van der Waals surface area contributed by atoms with Gasteiger partial charge in [-0.05, 0) is 76.0 Å². The molecule has 0 bridgehead atoms. The predicted molar refractivity (Wildman–Crippen MR) is 104 cm³/mol. The lowest BCUT2D eigenvalue weighted by Gasteiger charge is -2.29. The molecule has 0 aromatic carbocycles. The molecule has 3 rings (SSSR count). The molecule has 27 heavy (non-hydrogen) atoms. The normalized spacial score (nSPS) is 34.8. The van der Waals surface area contributed by atoms with Gasteiger partial charge < -0.3 is 24.1 Å². The van der Waals surface area contributed by atoms with Crippen LogP contribution in [-0.4, -0.2) is 50.2 Å². The first-order valence-corrected chi connectivity index (χ1v) is 11.4. The molecule has 0 spiro atoms. The molecule has 1 saturated carbocycles. The highest BCUT2D eigenvalue weighted by Crippen LogP contribution is 2.44. The van der Waals surface area contributed by atoms with Crippen LogP contribution in [-0.2, 0) is 18.9 Å². The van der Waals surface area contributed by atoms with Crippen LogP contribution < -0.4 is 0 Å². The Labute approximate surface area is 165 Å². The van der Waals surface area contributed by atoms with Crippen molar-refractivity contribution in [2.24, 2.45) is 5.41 Å². The summed E-state index contributed by atoms with van der Waals surface area (Å²) in [5.74, 6) is 0. The van der Waals surface area contributed by atoms with Gasteiger partial charge in [-0.2, -0.15) is 0 Å². The molecule has 1 aliphatic carbocycles. The SMILES string of the molecule is OCC1(CCCCCCOC2CCCCO2)CCC(OC2CCCCO2)C1. The smallest absolute Gasteiger partial charge is 0.157 e. The third-order valence-electron chi connectivity index (χ3n) is 6.52. The molecular weight excluding hydrogens is 344 g/mol. The first-order valence-electron chi connectivity index (χ1n) is 11.4. The zero-order valence-corrected chi connectivity index (χ0v) is 17.0. The fourth-order valence-electron chi connectivity index (χ4n) is 4.77. The second-order valence-corrected chi connectivity index (χ2v) is 8.79. The van der Waals surface area contributed by atoms with E-state index in [2.05, 4.69) is 0 Å². The van der Waals surface area contributed by atoms with E-state index in [4.69, 9.17) is 18.9 Å². The monoisotopic (exact) mass is 384 g/mol. The molecule has 2 saturated heterocycles. The standard InChI is InChI=1S/C22H40O5/c23-18-22(13-11-19(17-22)27-21-10-4-8-16-26-21)12-5-1-2-6-14-24-20-9-3-7-15-25-20/h19-21,23H,1-18H2. The third-order valence-corrected chi connectivity index (χ3v) is 6.52. The van der Waals surface area contributed by atoms with Crippen molar-refractivity contribution >= 4 is 0 Å². The molecule has 1 N–H and O–H groups in total. The molecule has 0 amide bonds. The number of unbranched alkanes of at least 4 members (excludes halogenated alkanes) is 3. The fourth-order valence-corrected chi connectivity index (χ4v) is 4.77. The van der Waals surface area contributed by atoms with Crippen LogP contribution in [0.3, 0.4) is 0 Å². The molecule has 5 heteroatoms. The maximum Gasteiger partial charge on any atom is 0.157 e. The number of aliphatic hydroxyl groups excluding tert-OH is 1. The van der Waals surface area contributed by atoms with Crippen molar-refractivity contribution in [3.05, 3.63) is 0 Å². The molecule has 2 aliphatic heterocycles. The van der Waals surface area contributed by atoms with Crippen LogP contribution in [0, 0.1) is 5.41 Å². The van der Waals surface area contributed by atoms with Crippen LogP contribution in [0.4, 0.5) is 0 Å². The molecule has 0 aromatic rings. The topological polar surface area (TPSA) is 57.2 Å². The molecule has 0 aromatic heterocycles. The summed E-state index contributed by atoms with van der Waals surface area (Å²) in [6.07, 6.45) is 16.1. The van der Waals surface area contributed by atoms with Crippen molar-refractivity contribution in [1.29, 1.82) is 0 Å². The number of rotatable bonds is 11. The van der Waals surface area contributed by atoms with E-state index in [0.29, 0.717) is 6.61 Å². The summed E-state index contributed by atoms with van der Waals surface area (Å²) in [5, 5.41) is 10.0. The Morgan fingerprint density at radius 1 is 0.852 bits per heavy atom. The lowest BCUT2D eigenvalue weighted by atomic mass is 9.81. The average molecular weight is 385 g/mol. The van der Waals surface area contributed by atoms with Gasteiger partial charge in [0.2, 0.25) is 0 Å². The van der Waals surface area contributed by atoms with E-state index >= 15 is 0 Å². The van der Waals surface area contributed by atoms with E-state index in [1.54, 1.807) is 0 Å². The minimum absolute atomic E-state index is 0.00798. The van der Waals surface area contributed by atoms with Crippen molar-refractivity contribution in [3.8, 4) is 0 Å². The van der Waals surface area contributed by atoms with Gasteiger partial charge in [-0.1, -0.05) is 19.3 Å². The Hall–Kier alpha value is -0.200. The summed E-state index contributed by atoms with van der Waals surface area (Å²) in [6, 6.07) is 0. The van der Waals surface area contributed by atoms with E-state index < -0.39 is 0 Å². The van der Waals surface area contributed by atoms with Gasteiger partial charge >= 0.3 is 0 Å². The van der Waals surface area contributed by atoms with Crippen molar-refractivity contribution in [2.45, 2.75) is 109 Å². The van der Waals surface area contributed by atoms with Crippen LogP contribution in [0.5, 0.6) is 0 Å². The second kappa shape index (κ2) is 11.7. The zero-order chi connectivity index (χ0) is 18.8. The molecule has 4 unspecified atom stereocenters. The Balaban J connectivity index is 1.24. The lowest BCUT2D eigenvalue weighted by Crippen LogP contribution is -2.28. The van der Waals surface area contributed by atoms with E-state index in [0.717, 1.165) is 71.2 Å². The fraction of sp³-hybridized carbons (Fsp3) is 1.00. The van der Waals surface area contributed by atoms with Gasteiger partial charge in [0.15, 0.2) is 12.6 Å². The summed E-state index contributed by atoms with van der Waals surface area (Å²) in [5.41, 5.74) is 0.0752. The number of hydrogen-bond acceptors (Lipinski definition) is 5. The maximum absolute atomic E-state index is 10.0. The second-order valence-electron chi connectivity index (χ2n) is 8.79. The van der Waals surface area contributed by atoms with E-state index in [1.807, 2.05) is 0 Å². The molecule has 4 atom stereocenters. The highest BCUT2D eigenvalue weighted by Gasteiger charge is 2.39. The summed E-state index contributed by atoms with van der Waals surface area (Å²) in [4.78, 5) is 0. The van der Waals surface area contributed by atoms with Gasteiger partial charge in [0, 0.05) is 26.4 Å². The zero-order valence-electron chi connectivity index (χ0n) is 17.0. The van der Waals surface area contributed by atoms with Crippen molar-refractivity contribution in [1.82, 2.24) is 0 Å². The van der Waals surface area contributed by atoms with Crippen LogP contribution in [0.25, 0.3) is 0 Å². The van der Waals surface area contributed by atoms with Gasteiger partial charge in [0.25, 0.3) is 0 Å². The Morgan fingerprint density at radius 3 is 2.30 bits per heavy atom. The van der Waals surface area contributed by atoms with Crippen LogP contribution in [0.2, 0.25) is 0 Å². The van der Waals surface area contributed by atoms with Crippen LogP contribution in [0.15, 0.2) is 0 Å². The quantitative estimate of drug-likeness (QED) is 0.530. The Kier molecular flexibility index (Phi) is 9.33. The molecule has 5 nitrogen and oxygen atoms in total. The third kappa shape index (κ3) is 7.28. The minimum Gasteiger partial charge on any atom is -0.396 e. The van der Waals surface area contributed by atoms with Gasteiger partial charge in [-0.15, -0.1) is 0 Å². The summed E-state index contributed by atoms with van der Waals surface area (Å²) >= 11 is 0. The van der Waals surface area contributed by atoms with Crippen LogP contribution >= 0.6 is 0 Å². The predicted octanol–water partition coefficient (Wildman–Crippen LogP) is 4.55. The first kappa shape index (κ1) is 21.5. The van der Waals surface area contributed by atoms with E-state index in [1.165, 1.54) is 38.5 Å². The number of ether oxygens (including phenoxy) is 4. The van der Waals surface area contributed by atoms with E-state index in [9.17, 15) is 5.11 Å². The highest BCUT2D eigenvalue weighted by molar-refractivity contribution is 4.89. The van der Waals surface area contributed by atoms with Crippen molar-refractivity contribution in [3.63, 3.8) is 0 Å². The Morgan fingerprint density at radius 2 is 1.59 bits per heavy atom. The minimum atomic E-state index is -0.00798. The van der Waals surface area contributed by atoms with Crippen molar-refractivity contribution in [2.75, 3.05) is 26.4 Å². The number of hydrogen-bond donors (Lipinski definition) is 1. The van der Waals surface area contributed by atoms with Crippen LogP contribution in [0.1, 0.15) is 89.9 Å².